The van der Waals surface area contributed by atoms with Crippen molar-refractivity contribution in [2.24, 2.45) is 12.0 Å². The summed E-state index contributed by atoms with van der Waals surface area (Å²) < 4.78 is 1.81. The molecule has 0 bridgehead atoms. The second kappa shape index (κ2) is 9.68. The van der Waals surface area contributed by atoms with Crippen LogP contribution >= 0.6 is 35.6 Å². The summed E-state index contributed by atoms with van der Waals surface area (Å²) in [6, 6.07) is 7.77. The molecular weight excluding hydrogens is 413 g/mol. The molecule has 0 amide bonds. The van der Waals surface area contributed by atoms with E-state index in [0.717, 1.165) is 29.5 Å². The van der Waals surface area contributed by atoms with Gasteiger partial charge in [0.05, 0.1) is 6.20 Å². The van der Waals surface area contributed by atoms with Gasteiger partial charge in [-0.3, -0.25) is 9.67 Å². The topological polar surface area (TPSA) is 54.2 Å². The highest BCUT2D eigenvalue weighted by molar-refractivity contribution is 14.0. The van der Waals surface area contributed by atoms with Crippen LogP contribution < -0.4 is 10.6 Å². The van der Waals surface area contributed by atoms with Crippen LogP contribution in [-0.2, 0) is 20.0 Å². The van der Waals surface area contributed by atoms with Crippen molar-refractivity contribution >= 4 is 41.5 Å². The monoisotopic (exact) mass is 433 g/mol. The highest BCUT2D eigenvalue weighted by atomic mass is 127. The Morgan fingerprint density at radius 3 is 2.55 bits per heavy atom. The first kappa shape index (κ1) is 18.8. The molecule has 0 aliphatic heterocycles. The molecule has 0 atom stereocenters. The van der Waals surface area contributed by atoms with Crippen LogP contribution in [0.4, 0.5) is 0 Å². The van der Waals surface area contributed by atoms with Crippen molar-refractivity contribution < 1.29 is 0 Å². The lowest BCUT2D eigenvalue weighted by Crippen LogP contribution is -2.37. The second-order valence-electron chi connectivity index (χ2n) is 4.75. The van der Waals surface area contributed by atoms with Gasteiger partial charge >= 0.3 is 0 Å². The average Bonchev–Trinajstić information content (AvgIpc) is 2.90. The predicted octanol–water partition coefficient (Wildman–Crippen LogP) is 2.60. The number of aryl methyl sites for hydroxylation is 1. The van der Waals surface area contributed by atoms with Gasteiger partial charge in [-0.25, -0.2) is 0 Å². The van der Waals surface area contributed by atoms with Crippen LogP contribution in [0.15, 0.2) is 41.7 Å². The van der Waals surface area contributed by atoms with Crippen molar-refractivity contribution in [2.75, 3.05) is 13.6 Å². The number of benzene rings is 1. The molecule has 2 aromatic rings. The van der Waals surface area contributed by atoms with Crippen LogP contribution in [0.1, 0.15) is 11.1 Å². The highest BCUT2D eigenvalue weighted by Gasteiger charge is 2.00. The van der Waals surface area contributed by atoms with Crippen LogP contribution in [0.5, 0.6) is 0 Å². The molecule has 7 heteroatoms. The van der Waals surface area contributed by atoms with Crippen molar-refractivity contribution in [3.05, 3.63) is 52.8 Å². The first-order chi connectivity index (χ1) is 10.2. The Morgan fingerprint density at radius 2 is 1.95 bits per heavy atom. The van der Waals surface area contributed by atoms with Crippen molar-refractivity contribution in [1.29, 1.82) is 0 Å². The van der Waals surface area contributed by atoms with E-state index in [9.17, 15) is 0 Å². The quantitative estimate of drug-likeness (QED) is 0.433. The Kier molecular flexibility index (Phi) is 8.26. The van der Waals surface area contributed by atoms with E-state index >= 15 is 0 Å². The van der Waals surface area contributed by atoms with E-state index in [1.54, 1.807) is 7.05 Å². The molecule has 0 saturated carbocycles. The minimum atomic E-state index is 0. The Hall–Kier alpha value is -1.28. The molecule has 120 valence electrons. The smallest absolute Gasteiger partial charge is 0.191 e. The number of aliphatic imine (C=N–C) groups is 1. The molecule has 0 fully saturated rings. The summed E-state index contributed by atoms with van der Waals surface area (Å²) in [5.41, 5.74) is 2.37. The summed E-state index contributed by atoms with van der Waals surface area (Å²) in [4.78, 5) is 4.20. The highest BCUT2D eigenvalue weighted by Crippen LogP contribution is 2.08. The summed E-state index contributed by atoms with van der Waals surface area (Å²) >= 11 is 5.87. The third kappa shape index (κ3) is 6.23. The van der Waals surface area contributed by atoms with Gasteiger partial charge in [-0.1, -0.05) is 23.7 Å². The van der Waals surface area contributed by atoms with Gasteiger partial charge < -0.3 is 10.6 Å². The summed E-state index contributed by atoms with van der Waals surface area (Å²) in [5, 5.41) is 11.5. The Morgan fingerprint density at radius 1 is 1.23 bits per heavy atom. The van der Waals surface area contributed by atoms with E-state index < -0.39 is 0 Å². The van der Waals surface area contributed by atoms with Crippen LogP contribution in [0.2, 0.25) is 5.02 Å². The van der Waals surface area contributed by atoms with Gasteiger partial charge in [0.1, 0.15) is 0 Å². The maximum Gasteiger partial charge on any atom is 0.191 e. The SMILES string of the molecule is CN=C(NCCc1cnn(C)c1)NCc1ccc(Cl)cc1.I. The molecule has 0 saturated heterocycles. The van der Waals surface area contributed by atoms with Gasteiger partial charge in [0.15, 0.2) is 5.96 Å². The minimum absolute atomic E-state index is 0. The average molecular weight is 434 g/mol. The van der Waals surface area contributed by atoms with Crippen molar-refractivity contribution in [3.8, 4) is 0 Å². The van der Waals surface area contributed by atoms with E-state index in [-0.39, 0.29) is 24.0 Å². The fraction of sp³-hybridized carbons (Fsp3) is 0.333. The number of nitrogens with one attached hydrogen (secondary N) is 2. The van der Waals surface area contributed by atoms with Crippen molar-refractivity contribution in [3.63, 3.8) is 0 Å². The number of nitrogens with zero attached hydrogens (tertiary/aromatic N) is 3. The summed E-state index contributed by atoms with van der Waals surface area (Å²) in [7, 11) is 3.69. The first-order valence-electron chi connectivity index (χ1n) is 6.84. The number of rotatable bonds is 5. The normalized spacial score (nSPS) is 11.0. The van der Waals surface area contributed by atoms with Crippen molar-refractivity contribution in [2.45, 2.75) is 13.0 Å². The third-order valence-electron chi connectivity index (χ3n) is 3.06. The molecule has 0 unspecified atom stereocenters. The summed E-state index contributed by atoms with van der Waals surface area (Å²) in [6.07, 6.45) is 4.81. The van der Waals surface area contributed by atoms with Gasteiger partial charge in [0, 0.05) is 38.4 Å². The maximum absolute atomic E-state index is 5.87. The van der Waals surface area contributed by atoms with Gasteiger partial charge in [0.25, 0.3) is 0 Å². The van der Waals surface area contributed by atoms with E-state index in [1.807, 2.05) is 48.4 Å². The van der Waals surface area contributed by atoms with Crippen molar-refractivity contribution in [1.82, 2.24) is 20.4 Å². The second-order valence-corrected chi connectivity index (χ2v) is 5.19. The zero-order valence-corrected chi connectivity index (χ0v) is 15.8. The zero-order valence-electron chi connectivity index (χ0n) is 12.7. The molecule has 1 aromatic heterocycles. The third-order valence-corrected chi connectivity index (χ3v) is 3.31. The van der Waals surface area contributed by atoms with E-state index in [0.29, 0.717) is 6.54 Å². The molecule has 1 heterocycles. The van der Waals surface area contributed by atoms with Gasteiger partial charge in [-0.15, -0.1) is 24.0 Å². The molecule has 2 rings (SSSR count). The zero-order chi connectivity index (χ0) is 15.1. The first-order valence-corrected chi connectivity index (χ1v) is 7.21. The molecule has 0 aliphatic carbocycles. The molecular formula is C15H21ClIN5. The standard InChI is InChI=1S/C15H20ClN5.HI/c1-17-15(18-8-7-13-10-20-21(2)11-13)19-9-12-3-5-14(16)6-4-12;/h3-6,10-11H,7-9H2,1-2H3,(H2,17,18,19);1H. The van der Waals surface area contributed by atoms with E-state index in [2.05, 4.69) is 20.7 Å². The lowest BCUT2D eigenvalue weighted by molar-refractivity contribution is 0.764. The molecule has 0 aliphatic rings. The van der Waals surface area contributed by atoms with Gasteiger partial charge in [-0.2, -0.15) is 5.10 Å². The fourth-order valence-corrected chi connectivity index (χ4v) is 2.06. The molecule has 22 heavy (non-hydrogen) atoms. The lowest BCUT2D eigenvalue weighted by Gasteiger charge is -2.11. The fourth-order valence-electron chi connectivity index (χ4n) is 1.93. The van der Waals surface area contributed by atoms with Crippen LogP contribution in [0.25, 0.3) is 0 Å². The Bertz CT molecular complexity index is 594. The van der Waals surface area contributed by atoms with Gasteiger partial charge in [-0.05, 0) is 29.7 Å². The van der Waals surface area contributed by atoms with Crippen LogP contribution in [0.3, 0.4) is 0 Å². The summed E-state index contributed by atoms with van der Waals surface area (Å²) in [5.74, 6) is 0.786. The maximum atomic E-state index is 5.87. The number of halogens is 2. The predicted molar refractivity (Wildman–Crippen MR) is 102 cm³/mol. The number of hydrogen-bond donors (Lipinski definition) is 2. The largest absolute Gasteiger partial charge is 0.356 e. The minimum Gasteiger partial charge on any atom is -0.356 e. The van der Waals surface area contributed by atoms with E-state index in [4.69, 9.17) is 11.6 Å². The number of guanidine groups is 1. The Balaban J connectivity index is 0.00000242. The number of hydrogen-bond acceptors (Lipinski definition) is 2. The van der Waals surface area contributed by atoms with Crippen LogP contribution in [-0.4, -0.2) is 29.3 Å². The number of aromatic nitrogens is 2. The molecule has 0 spiro atoms. The molecule has 1 aromatic carbocycles. The molecule has 2 N–H and O–H groups in total. The van der Waals surface area contributed by atoms with Crippen LogP contribution in [0, 0.1) is 0 Å². The molecule has 0 radical (unpaired) electrons. The van der Waals surface area contributed by atoms with E-state index in [1.165, 1.54) is 5.56 Å². The molecule has 5 nitrogen and oxygen atoms in total. The lowest BCUT2D eigenvalue weighted by atomic mass is 10.2. The van der Waals surface area contributed by atoms with Gasteiger partial charge in [0.2, 0.25) is 0 Å². The summed E-state index contributed by atoms with van der Waals surface area (Å²) in [6.45, 7) is 1.52. The Labute approximate surface area is 153 Å².